The highest BCUT2D eigenvalue weighted by atomic mass is 32.2. The zero-order chi connectivity index (χ0) is 26.3. The number of sulfone groups is 1. The third kappa shape index (κ3) is 4.14. The van der Waals surface area contributed by atoms with Crippen LogP contribution in [0, 0.1) is 0 Å². The maximum absolute atomic E-state index is 13.5. The number of quaternary nitrogens is 1. The van der Waals surface area contributed by atoms with Crippen LogP contribution in [0.2, 0.25) is 0 Å². The van der Waals surface area contributed by atoms with Crippen LogP contribution in [-0.2, 0) is 9.84 Å². The molecule has 0 spiro atoms. The number of piperazine rings is 1. The van der Waals surface area contributed by atoms with Gasteiger partial charge in [0.05, 0.1) is 36.0 Å². The van der Waals surface area contributed by atoms with Crippen LogP contribution in [0.3, 0.4) is 0 Å². The lowest BCUT2D eigenvalue weighted by molar-refractivity contribution is -0.929. The average Bonchev–Trinajstić information content (AvgIpc) is 2.97. The van der Waals surface area contributed by atoms with Crippen molar-refractivity contribution < 1.29 is 22.9 Å². The van der Waals surface area contributed by atoms with Crippen LogP contribution in [0.5, 0.6) is 0 Å². The SMILES string of the molecule is O=C1c2ccccc2S(=O)(=O)c2cc(C(=O)N3CC[NH+](C(c4ccccc4)c4ccccc4)CC3)ccc21. The minimum atomic E-state index is -3.90. The molecule has 0 aliphatic carbocycles. The number of hydrogen-bond donors (Lipinski definition) is 1. The van der Waals surface area contributed by atoms with Gasteiger partial charge < -0.3 is 9.80 Å². The van der Waals surface area contributed by atoms with Crippen LogP contribution in [0.1, 0.15) is 43.4 Å². The molecule has 6 rings (SSSR count). The van der Waals surface area contributed by atoms with E-state index < -0.39 is 9.84 Å². The molecule has 0 aromatic heterocycles. The summed E-state index contributed by atoms with van der Waals surface area (Å²) >= 11 is 0. The molecule has 0 unspecified atom stereocenters. The van der Waals surface area contributed by atoms with Crippen molar-refractivity contribution in [3.05, 3.63) is 131 Å². The Labute approximate surface area is 222 Å². The first kappa shape index (κ1) is 24.3. The minimum absolute atomic E-state index is 0.00724. The molecule has 2 aliphatic rings. The second-order valence-electron chi connectivity index (χ2n) is 9.74. The Morgan fingerprint density at radius 2 is 1.26 bits per heavy atom. The Kier molecular flexibility index (Phi) is 6.18. The van der Waals surface area contributed by atoms with Gasteiger partial charge in [-0.1, -0.05) is 72.8 Å². The van der Waals surface area contributed by atoms with Gasteiger partial charge in [0.1, 0.15) is 6.04 Å². The number of hydrogen-bond acceptors (Lipinski definition) is 4. The number of carbonyl (C=O) groups excluding carboxylic acids is 2. The lowest BCUT2D eigenvalue weighted by Gasteiger charge is -2.37. The maximum atomic E-state index is 13.5. The lowest BCUT2D eigenvalue weighted by atomic mass is 9.96. The van der Waals surface area contributed by atoms with Crippen molar-refractivity contribution in [3.63, 3.8) is 0 Å². The highest BCUT2D eigenvalue weighted by Gasteiger charge is 2.36. The van der Waals surface area contributed by atoms with Crippen LogP contribution >= 0.6 is 0 Å². The van der Waals surface area contributed by atoms with Gasteiger partial charge >= 0.3 is 0 Å². The molecule has 2 heterocycles. The van der Waals surface area contributed by atoms with Crippen molar-refractivity contribution in [2.75, 3.05) is 26.2 Å². The van der Waals surface area contributed by atoms with Crippen LogP contribution in [0.15, 0.2) is 113 Å². The predicted octanol–water partition coefficient (Wildman–Crippen LogP) is 3.19. The molecule has 0 atom stereocenters. The van der Waals surface area contributed by atoms with Gasteiger partial charge in [0, 0.05) is 27.8 Å². The number of rotatable bonds is 4. The smallest absolute Gasteiger partial charge is 0.254 e. The molecule has 190 valence electrons. The Bertz CT molecular complexity index is 1590. The molecule has 1 saturated heterocycles. The first-order valence-corrected chi connectivity index (χ1v) is 14.2. The van der Waals surface area contributed by atoms with Crippen LogP contribution in [-0.4, -0.2) is 51.2 Å². The lowest BCUT2D eigenvalue weighted by Crippen LogP contribution is -3.15. The van der Waals surface area contributed by atoms with E-state index in [0.717, 1.165) is 13.1 Å². The summed E-state index contributed by atoms with van der Waals surface area (Å²) in [5.41, 5.74) is 3.04. The van der Waals surface area contributed by atoms with Crippen LogP contribution < -0.4 is 4.90 Å². The quantitative estimate of drug-likeness (QED) is 0.393. The van der Waals surface area contributed by atoms with Crippen molar-refractivity contribution in [1.82, 2.24) is 4.90 Å². The second-order valence-corrected chi connectivity index (χ2v) is 11.6. The molecule has 1 fully saturated rings. The number of ketones is 1. The van der Waals surface area contributed by atoms with E-state index in [1.165, 1.54) is 40.3 Å². The first-order valence-electron chi connectivity index (χ1n) is 12.7. The summed E-state index contributed by atoms with van der Waals surface area (Å²) in [6, 6.07) is 31.6. The standard InChI is InChI=1S/C31H26N2O4S/c34-30-25-13-7-8-14-27(25)38(36,37)28-21-24(15-16-26(28)30)31(35)33-19-17-32(18-20-33)29(22-9-3-1-4-10-22)23-11-5-2-6-12-23/h1-16,21,29H,17-20H2/p+1. The first-order chi connectivity index (χ1) is 18.4. The maximum Gasteiger partial charge on any atom is 0.254 e. The minimum Gasteiger partial charge on any atom is -0.327 e. The number of nitrogens with one attached hydrogen (secondary N) is 1. The van der Waals surface area contributed by atoms with E-state index in [1.54, 1.807) is 23.1 Å². The highest BCUT2D eigenvalue weighted by Crippen LogP contribution is 2.35. The molecule has 1 amide bonds. The van der Waals surface area contributed by atoms with E-state index >= 15 is 0 Å². The monoisotopic (exact) mass is 523 g/mol. The van der Waals surface area contributed by atoms with Gasteiger partial charge in [-0.25, -0.2) is 8.42 Å². The topological polar surface area (TPSA) is 76.0 Å². The number of carbonyl (C=O) groups is 2. The van der Waals surface area contributed by atoms with E-state index in [2.05, 4.69) is 48.5 Å². The summed E-state index contributed by atoms with van der Waals surface area (Å²) < 4.78 is 26.6. The summed E-state index contributed by atoms with van der Waals surface area (Å²) in [5.74, 6) is -0.557. The molecule has 0 radical (unpaired) electrons. The Hall–Kier alpha value is -4.07. The number of nitrogens with zero attached hydrogens (tertiary/aromatic N) is 1. The van der Waals surface area contributed by atoms with Crippen molar-refractivity contribution in [2.45, 2.75) is 15.8 Å². The molecule has 6 nitrogen and oxygen atoms in total. The van der Waals surface area contributed by atoms with Gasteiger partial charge in [0.15, 0.2) is 5.78 Å². The fourth-order valence-electron chi connectivity index (χ4n) is 5.64. The summed E-state index contributed by atoms with van der Waals surface area (Å²) in [6.45, 7) is 2.62. The molecular weight excluding hydrogens is 496 g/mol. The average molecular weight is 524 g/mol. The van der Waals surface area contributed by atoms with Crippen molar-refractivity contribution in [2.24, 2.45) is 0 Å². The molecule has 2 aliphatic heterocycles. The van der Waals surface area contributed by atoms with E-state index in [9.17, 15) is 18.0 Å². The summed E-state index contributed by atoms with van der Waals surface area (Å²) in [6.07, 6.45) is 0. The molecule has 1 N–H and O–H groups in total. The van der Waals surface area contributed by atoms with Gasteiger partial charge in [-0.15, -0.1) is 0 Å². The third-order valence-electron chi connectivity index (χ3n) is 7.55. The Balaban J connectivity index is 1.24. The Morgan fingerprint density at radius 1 is 0.711 bits per heavy atom. The van der Waals surface area contributed by atoms with Gasteiger partial charge in [0.2, 0.25) is 9.84 Å². The van der Waals surface area contributed by atoms with Crippen molar-refractivity contribution >= 4 is 21.5 Å². The predicted molar refractivity (Wildman–Crippen MR) is 143 cm³/mol. The van der Waals surface area contributed by atoms with Gasteiger partial charge in [0.25, 0.3) is 5.91 Å². The summed E-state index contributed by atoms with van der Waals surface area (Å²) in [4.78, 5) is 29.5. The van der Waals surface area contributed by atoms with Crippen molar-refractivity contribution in [3.8, 4) is 0 Å². The zero-order valence-corrected chi connectivity index (χ0v) is 21.5. The normalized spacial score (nSPS) is 16.7. The van der Waals surface area contributed by atoms with E-state index in [4.69, 9.17) is 0 Å². The zero-order valence-electron chi connectivity index (χ0n) is 20.7. The fourth-order valence-corrected chi connectivity index (χ4v) is 7.32. The summed E-state index contributed by atoms with van der Waals surface area (Å²) in [7, 11) is -3.90. The van der Waals surface area contributed by atoms with Gasteiger partial charge in [-0.05, 0) is 30.3 Å². The van der Waals surface area contributed by atoms with Gasteiger partial charge in [-0.3, -0.25) is 9.59 Å². The van der Waals surface area contributed by atoms with Gasteiger partial charge in [-0.2, -0.15) is 0 Å². The molecule has 4 aromatic carbocycles. The molecule has 4 aromatic rings. The van der Waals surface area contributed by atoms with E-state index in [0.29, 0.717) is 13.1 Å². The molecule has 7 heteroatoms. The third-order valence-corrected chi connectivity index (χ3v) is 9.40. The Morgan fingerprint density at radius 3 is 1.89 bits per heavy atom. The van der Waals surface area contributed by atoms with Crippen molar-refractivity contribution in [1.29, 1.82) is 0 Å². The number of amides is 1. The van der Waals surface area contributed by atoms with Crippen LogP contribution in [0.25, 0.3) is 0 Å². The van der Waals surface area contributed by atoms with E-state index in [1.807, 2.05) is 12.1 Å². The highest BCUT2D eigenvalue weighted by molar-refractivity contribution is 7.91. The summed E-state index contributed by atoms with van der Waals surface area (Å²) in [5, 5.41) is 0. The second kappa shape index (κ2) is 9.67. The molecule has 0 bridgehead atoms. The molecular formula is C31H27N2O4S+. The fraction of sp³-hybridized carbons (Fsp3) is 0.161. The molecule has 38 heavy (non-hydrogen) atoms. The largest absolute Gasteiger partial charge is 0.327 e. The number of fused-ring (bicyclic) bond motifs is 2. The van der Waals surface area contributed by atoms with Crippen LogP contribution in [0.4, 0.5) is 0 Å². The van der Waals surface area contributed by atoms with E-state index in [-0.39, 0.29) is 44.2 Å². The number of benzene rings is 4. The molecule has 0 saturated carbocycles.